The summed E-state index contributed by atoms with van der Waals surface area (Å²) >= 11 is 18.4. The molecule has 1 atom stereocenters. The second kappa shape index (κ2) is 7.05. The van der Waals surface area contributed by atoms with Crippen molar-refractivity contribution in [2.24, 2.45) is 0 Å². The number of para-hydroxylation sites is 1. The van der Waals surface area contributed by atoms with Crippen molar-refractivity contribution in [3.63, 3.8) is 0 Å². The molecule has 0 amide bonds. The molecule has 7 heteroatoms. The highest BCUT2D eigenvalue weighted by atomic mass is 35.6. The fraction of sp³-hybridized carbons (Fsp3) is 0.0769. The van der Waals surface area contributed by atoms with E-state index < -0.39 is 14.1 Å². The third kappa shape index (κ3) is 4.57. The predicted octanol–water partition coefficient (Wildman–Crippen LogP) is 5.19. The Labute approximate surface area is 139 Å². The fourth-order valence-electron chi connectivity index (χ4n) is 1.46. The Hall–Kier alpha value is -0.390. The van der Waals surface area contributed by atoms with Crippen LogP contribution in [0.2, 0.25) is 0 Å². The molecule has 0 aliphatic carbocycles. The molecule has 1 unspecified atom stereocenters. The summed E-state index contributed by atoms with van der Waals surface area (Å²) in [5, 5.41) is 0. The number of anilines is 1. The van der Waals surface area contributed by atoms with Crippen LogP contribution in [0.4, 0.5) is 5.69 Å². The van der Waals surface area contributed by atoms with E-state index in [1.165, 1.54) is 3.71 Å². The van der Waals surface area contributed by atoms with Crippen LogP contribution >= 0.6 is 46.8 Å². The summed E-state index contributed by atoms with van der Waals surface area (Å²) in [4.78, 5) is 0.637. The Morgan fingerprint density at radius 2 is 1.40 bits per heavy atom. The molecule has 106 valence electrons. The minimum absolute atomic E-state index is 0.637. The van der Waals surface area contributed by atoms with Crippen molar-refractivity contribution in [1.29, 1.82) is 0 Å². The third-order valence-corrected chi connectivity index (χ3v) is 5.27. The van der Waals surface area contributed by atoms with E-state index in [9.17, 15) is 4.21 Å². The van der Waals surface area contributed by atoms with Gasteiger partial charge in [0, 0.05) is 11.9 Å². The van der Waals surface area contributed by atoms with Gasteiger partial charge in [-0.1, -0.05) is 71.2 Å². The van der Waals surface area contributed by atoms with Crippen LogP contribution in [-0.2, 0) is 11.0 Å². The topological polar surface area (TPSA) is 20.3 Å². The molecule has 0 N–H and O–H groups in total. The molecule has 0 saturated heterocycles. The first kappa shape index (κ1) is 16.0. The quantitative estimate of drug-likeness (QED) is 0.548. The molecule has 0 saturated carbocycles. The van der Waals surface area contributed by atoms with Gasteiger partial charge in [-0.15, -0.1) is 0 Å². The maximum Gasteiger partial charge on any atom is 0.257 e. The van der Waals surface area contributed by atoms with Crippen LogP contribution < -0.4 is 3.71 Å². The SMILES string of the molecule is O=S(c1ccccc1)N(SC(Cl)(Cl)Cl)c1ccccc1. The van der Waals surface area contributed by atoms with Crippen molar-refractivity contribution < 1.29 is 4.21 Å². The molecule has 0 heterocycles. The molecule has 0 bridgehead atoms. The lowest BCUT2D eigenvalue weighted by atomic mass is 10.3. The summed E-state index contributed by atoms with van der Waals surface area (Å²) in [6.45, 7) is 0. The molecular weight excluding hydrogens is 357 g/mol. The Kier molecular flexibility index (Phi) is 5.64. The summed E-state index contributed by atoms with van der Waals surface area (Å²) in [5.41, 5.74) is 0.700. The number of rotatable bonds is 4. The minimum Gasteiger partial charge on any atom is -0.230 e. The summed E-state index contributed by atoms with van der Waals surface area (Å²) in [7, 11) is -1.48. The van der Waals surface area contributed by atoms with E-state index in [-0.39, 0.29) is 0 Å². The second-order valence-corrected chi connectivity index (χ2v) is 9.37. The maximum atomic E-state index is 12.7. The molecule has 2 nitrogen and oxygen atoms in total. The monoisotopic (exact) mass is 365 g/mol. The Morgan fingerprint density at radius 1 is 0.900 bits per heavy atom. The zero-order valence-corrected chi connectivity index (χ0v) is 14.0. The maximum absolute atomic E-state index is 12.7. The molecule has 2 rings (SSSR count). The predicted molar refractivity (Wildman–Crippen MR) is 89.7 cm³/mol. The zero-order chi connectivity index (χ0) is 14.6. The highest BCUT2D eigenvalue weighted by molar-refractivity contribution is 8.15. The van der Waals surface area contributed by atoms with Gasteiger partial charge in [-0.05, 0) is 24.3 Å². The van der Waals surface area contributed by atoms with Gasteiger partial charge in [0.15, 0.2) is 11.0 Å². The first-order valence-corrected chi connectivity index (χ1v) is 8.57. The zero-order valence-electron chi connectivity index (χ0n) is 10.1. The van der Waals surface area contributed by atoms with Crippen molar-refractivity contribution in [2.75, 3.05) is 3.71 Å². The third-order valence-electron chi connectivity index (χ3n) is 2.25. The van der Waals surface area contributed by atoms with Crippen molar-refractivity contribution in [2.45, 2.75) is 8.02 Å². The lowest BCUT2D eigenvalue weighted by molar-refractivity contribution is 0.684. The van der Waals surface area contributed by atoms with E-state index in [1.54, 1.807) is 12.1 Å². The average Bonchev–Trinajstić information content (AvgIpc) is 2.45. The molecule has 0 aliphatic rings. The van der Waals surface area contributed by atoms with Crippen LogP contribution in [-0.4, -0.2) is 7.33 Å². The van der Waals surface area contributed by atoms with Gasteiger partial charge in [-0.2, -0.15) is 0 Å². The van der Waals surface area contributed by atoms with E-state index >= 15 is 0 Å². The molecule has 20 heavy (non-hydrogen) atoms. The summed E-state index contributed by atoms with van der Waals surface area (Å²) < 4.78 is 12.6. The minimum atomic E-state index is -1.60. The van der Waals surface area contributed by atoms with Crippen molar-refractivity contribution >= 4 is 63.4 Å². The van der Waals surface area contributed by atoms with E-state index in [0.29, 0.717) is 10.6 Å². The standard InChI is InChI=1S/C13H10Cl3NOS2/c14-13(15,16)19-17(11-7-3-1-4-8-11)20(18)12-9-5-2-6-10-12/h1-10H. The number of alkyl halides is 3. The first-order chi connectivity index (χ1) is 9.47. The molecule has 0 radical (unpaired) electrons. The lowest BCUT2D eigenvalue weighted by Crippen LogP contribution is -2.21. The van der Waals surface area contributed by atoms with Crippen LogP contribution in [0.25, 0.3) is 0 Å². The van der Waals surface area contributed by atoms with Crippen LogP contribution in [0.1, 0.15) is 0 Å². The number of nitrogens with zero attached hydrogens (tertiary/aromatic N) is 1. The van der Waals surface area contributed by atoms with Crippen LogP contribution in [0, 0.1) is 0 Å². The number of hydrogen-bond acceptors (Lipinski definition) is 2. The normalized spacial score (nSPS) is 12.9. The smallest absolute Gasteiger partial charge is 0.230 e. The van der Waals surface area contributed by atoms with Gasteiger partial charge in [0.2, 0.25) is 0 Å². The number of hydrogen-bond donors (Lipinski definition) is 0. The van der Waals surface area contributed by atoms with Gasteiger partial charge >= 0.3 is 0 Å². The molecule has 0 aromatic heterocycles. The van der Waals surface area contributed by atoms with Gasteiger partial charge in [0.1, 0.15) is 0 Å². The molecule has 0 aliphatic heterocycles. The van der Waals surface area contributed by atoms with Gasteiger partial charge in [-0.3, -0.25) is 0 Å². The van der Waals surface area contributed by atoms with Gasteiger partial charge in [0.25, 0.3) is 3.12 Å². The van der Waals surface area contributed by atoms with Crippen molar-refractivity contribution in [1.82, 2.24) is 0 Å². The average molecular weight is 367 g/mol. The molecule has 0 spiro atoms. The highest BCUT2D eigenvalue weighted by Gasteiger charge is 2.29. The fourth-order valence-corrected chi connectivity index (χ4v) is 4.62. The van der Waals surface area contributed by atoms with E-state index in [4.69, 9.17) is 34.8 Å². The molecule has 0 fully saturated rings. The van der Waals surface area contributed by atoms with Crippen LogP contribution in [0.15, 0.2) is 65.6 Å². The van der Waals surface area contributed by atoms with Crippen molar-refractivity contribution in [3.05, 3.63) is 60.7 Å². The largest absolute Gasteiger partial charge is 0.257 e. The summed E-state index contributed by atoms with van der Waals surface area (Å²) in [5.74, 6) is 0. The number of halogens is 3. The van der Waals surface area contributed by atoms with E-state index in [2.05, 4.69) is 0 Å². The molecule has 2 aromatic carbocycles. The van der Waals surface area contributed by atoms with E-state index in [1.807, 2.05) is 48.5 Å². The Balaban J connectivity index is 2.35. The van der Waals surface area contributed by atoms with Gasteiger partial charge in [-0.25, -0.2) is 7.92 Å². The highest BCUT2D eigenvalue weighted by Crippen LogP contribution is 2.44. The van der Waals surface area contributed by atoms with Gasteiger partial charge < -0.3 is 0 Å². The second-order valence-electron chi connectivity index (χ2n) is 3.69. The summed E-state index contributed by atoms with van der Waals surface area (Å²) in [6, 6.07) is 18.2. The summed E-state index contributed by atoms with van der Waals surface area (Å²) in [6.07, 6.45) is 0. The molecule has 2 aromatic rings. The van der Waals surface area contributed by atoms with Gasteiger partial charge in [0.05, 0.1) is 10.6 Å². The first-order valence-electron chi connectivity index (χ1n) is 5.55. The van der Waals surface area contributed by atoms with E-state index in [0.717, 1.165) is 11.9 Å². The molecular formula is C13H10Cl3NOS2. The van der Waals surface area contributed by atoms with Crippen LogP contribution in [0.3, 0.4) is 0 Å². The lowest BCUT2D eigenvalue weighted by Gasteiger charge is -2.25. The van der Waals surface area contributed by atoms with Crippen molar-refractivity contribution in [3.8, 4) is 0 Å². The van der Waals surface area contributed by atoms with Crippen LogP contribution in [0.5, 0.6) is 0 Å². The Bertz CT molecular complexity index is 575. The number of benzene rings is 2. The Morgan fingerprint density at radius 3 is 1.90 bits per heavy atom.